The van der Waals surface area contributed by atoms with Crippen molar-refractivity contribution in [1.82, 2.24) is 25.3 Å². The van der Waals surface area contributed by atoms with Gasteiger partial charge in [0.15, 0.2) is 0 Å². The molecule has 1 amide bonds. The Labute approximate surface area is 168 Å². The van der Waals surface area contributed by atoms with Crippen molar-refractivity contribution in [2.45, 2.75) is 50.6 Å². The Morgan fingerprint density at radius 1 is 1.24 bits per heavy atom. The minimum Gasteiger partial charge on any atom is -0.480 e. The Morgan fingerprint density at radius 3 is 2.69 bits per heavy atom. The molecule has 9 nitrogen and oxygen atoms in total. The first-order valence-corrected chi connectivity index (χ1v) is 10.0. The number of aromatic nitrogens is 3. The molecule has 2 aliphatic rings. The molecule has 0 spiro atoms. The number of nitrogens with zero attached hydrogens (tertiary/aromatic N) is 4. The first-order valence-electron chi connectivity index (χ1n) is 10.0. The molecular formula is C20H25N5O4. The summed E-state index contributed by atoms with van der Waals surface area (Å²) in [5, 5.41) is 16.1. The zero-order valence-electron chi connectivity index (χ0n) is 16.2. The number of pyridine rings is 1. The summed E-state index contributed by atoms with van der Waals surface area (Å²) in [7, 11) is 0. The summed E-state index contributed by atoms with van der Waals surface area (Å²) in [5.74, 6) is 0.719. The van der Waals surface area contributed by atoms with Gasteiger partial charge in [0.25, 0.3) is 0 Å². The molecule has 0 unspecified atom stereocenters. The molecule has 0 aliphatic heterocycles. The molecule has 0 bridgehead atoms. The van der Waals surface area contributed by atoms with Crippen LogP contribution in [0.5, 0.6) is 0 Å². The highest BCUT2D eigenvalue weighted by molar-refractivity contribution is 5.76. The van der Waals surface area contributed by atoms with Crippen molar-refractivity contribution in [3.8, 4) is 11.4 Å². The summed E-state index contributed by atoms with van der Waals surface area (Å²) in [6.45, 7) is 0.938. The molecule has 2 aromatic rings. The van der Waals surface area contributed by atoms with Crippen LogP contribution in [0.3, 0.4) is 0 Å². The van der Waals surface area contributed by atoms with Gasteiger partial charge in [0, 0.05) is 49.4 Å². The lowest BCUT2D eigenvalue weighted by Gasteiger charge is -2.42. The van der Waals surface area contributed by atoms with Crippen molar-refractivity contribution in [1.29, 1.82) is 0 Å². The van der Waals surface area contributed by atoms with Crippen LogP contribution in [0, 0.1) is 5.92 Å². The fourth-order valence-corrected chi connectivity index (χ4v) is 3.65. The molecule has 29 heavy (non-hydrogen) atoms. The summed E-state index contributed by atoms with van der Waals surface area (Å²) in [6.07, 6.45) is 7.98. The normalized spacial score (nSPS) is 21.0. The van der Waals surface area contributed by atoms with Gasteiger partial charge in [0.2, 0.25) is 17.6 Å². The van der Waals surface area contributed by atoms with E-state index in [0.717, 1.165) is 24.9 Å². The summed E-state index contributed by atoms with van der Waals surface area (Å²) < 4.78 is 5.22. The van der Waals surface area contributed by atoms with Crippen molar-refractivity contribution in [3.05, 3.63) is 30.4 Å². The summed E-state index contributed by atoms with van der Waals surface area (Å²) >= 11 is 0. The highest BCUT2D eigenvalue weighted by Gasteiger charge is 2.37. The van der Waals surface area contributed by atoms with Gasteiger partial charge in [-0.1, -0.05) is 5.16 Å². The molecule has 0 saturated heterocycles. The van der Waals surface area contributed by atoms with Gasteiger partial charge in [-0.15, -0.1) is 0 Å². The third-order valence-electron chi connectivity index (χ3n) is 5.50. The Kier molecular flexibility index (Phi) is 5.84. The van der Waals surface area contributed by atoms with Gasteiger partial charge in [0.1, 0.15) is 0 Å². The first kappa shape index (κ1) is 19.5. The largest absolute Gasteiger partial charge is 0.480 e. The maximum Gasteiger partial charge on any atom is 0.317 e. The number of carbonyl (C=O) groups excluding carboxylic acids is 1. The van der Waals surface area contributed by atoms with E-state index in [1.165, 1.54) is 12.8 Å². The molecule has 2 aromatic heterocycles. The number of amides is 1. The Morgan fingerprint density at radius 2 is 2.00 bits per heavy atom. The number of carbonyl (C=O) groups is 2. The van der Waals surface area contributed by atoms with Gasteiger partial charge in [-0.2, -0.15) is 4.98 Å². The lowest BCUT2D eigenvalue weighted by molar-refractivity contribution is -0.140. The van der Waals surface area contributed by atoms with Crippen LogP contribution in [0.4, 0.5) is 0 Å². The monoisotopic (exact) mass is 399 g/mol. The third-order valence-corrected chi connectivity index (χ3v) is 5.50. The second-order valence-corrected chi connectivity index (χ2v) is 7.90. The van der Waals surface area contributed by atoms with E-state index in [-0.39, 0.29) is 31.0 Å². The van der Waals surface area contributed by atoms with Crippen molar-refractivity contribution in [2.24, 2.45) is 5.92 Å². The van der Waals surface area contributed by atoms with Gasteiger partial charge in [-0.3, -0.25) is 19.5 Å². The molecule has 0 aromatic carbocycles. The lowest BCUT2D eigenvalue weighted by atomic mass is 9.85. The topological polar surface area (TPSA) is 121 Å². The molecular weight excluding hydrogens is 374 g/mol. The van der Waals surface area contributed by atoms with E-state index in [9.17, 15) is 9.59 Å². The zero-order chi connectivity index (χ0) is 20.2. The molecule has 154 valence electrons. The molecule has 0 atom stereocenters. The highest BCUT2D eigenvalue weighted by Crippen LogP contribution is 2.33. The van der Waals surface area contributed by atoms with Crippen LogP contribution in [0.15, 0.2) is 29.0 Å². The number of aliphatic carboxylic acids is 1. The minimum atomic E-state index is -0.788. The molecule has 2 saturated carbocycles. The van der Waals surface area contributed by atoms with Crippen molar-refractivity contribution in [3.63, 3.8) is 0 Å². The fraction of sp³-hybridized carbons (Fsp3) is 0.550. The maximum atomic E-state index is 12.2. The Bertz CT molecular complexity index is 846. The third kappa shape index (κ3) is 5.38. The fourth-order valence-electron chi connectivity index (χ4n) is 3.65. The standard InChI is InChI=1S/C20H25N5O4/c26-17(3-4-18-23-20(24-29-18)14-5-7-21-8-6-14)22-15-9-16(10-15)25(12-19(27)28)11-13-1-2-13/h5-8,13,15-16H,1-4,9-12H2,(H,22,26)(H,27,28). The van der Waals surface area contributed by atoms with Crippen molar-refractivity contribution >= 4 is 11.9 Å². The molecule has 0 radical (unpaired) electrons. The number of hydrogen-bond acceptors (Lipinski definition) is 7. The van der Waals surface area contributed by atoms with Gasteiger partial charge in [-0.05, 0) is 43.7 Å². The van der Waals surface area contributed by atoms with Crippen LogP contribution in [0.2, 0.25) is 0 Å². The van der Waals surface area contributed by atoms with Crippen LogP contribution in [0.1, 0.15) is 38.0 Å². The average molecular weight is 399 g/mol. The van der Waals surface area contributed by atoms with E-state index in [2.05, 4.69) is 25.3 Å². The number of nitrogens with one attached hydrogen (secondary N) is 1. The van der Waals surface area contributed by atoms with Crippen LogP contribution in [-0.2, 0) is 16.0 Å². The van der Waals surface area contributed by atoms with Crippen LogP contribution in [0.25, 0.3) is 11.4 Å². The second-order valence-electron chi connectivity index (χ2n) is 7.90. The molecule has 2 aliphatic carbocycles. The highest BCUT2D eigenvalue weighted by atomic mass is 16.5. The number of aryl methyl sites for hydroxylation is 1. The van der Waals surface area contributed by atoms with E-state index in [0.29, 0.717) is 24.1 Å². The van der Waals surface area contributed by atoms with Crippen molar-refractivity contribution < 1.29 is 19.2 Å². The smallest absolute Gasteiger partial charge is 0.317 e. The predicted molar refractivity (Wildman–Crippen MR) is 103 cm³/mol. The van der Waals surface area contributed by atoms with Crippen LogP contribution >= 0.6 is 0 Å². The second kappa shape index (κ2) is 8.69. The van der Waals surface area contributed by atoms with Gasteiger partial charge >= 0.3 is 5.97 Å². The van der Waals surface area contributed by atoms with Crippen LogP contribution in [-0.4, -0.2) is 62.2 Å². The molecule has 2 fully saturated rings. The zero-order valence-corrected chi connectivity index (χ0v) is 16.2. The number of rotatable bonds is 10. The Balaban J connectivity index is 1.19. The first-order chi connectivity index (χ1) is 14.1. The van der Waals surface area contributed by atoms with Gasteiger partial charge in [-0.25, -0.2) is 0 Å². The summed E-state index contributed by atoms with van der Waals surface area (Å²) in [4.78, 5) is 33.6. The SMILES string of the molecule is O=C(O)CN(CC1CC1)C1CC(NC(=O)CCc2nc(-c3ccncc3)no2)C1. The van der Waals surface area contributed by atoms with Crippen LogP contribution < -0.4 is 5.32 Å². The molecule has 9 heteroatoms. The summed E-state index contributed by atoms with van der Waals surface area (Å²) in [6, 6.07) is 3.95. The lowest BCUT2D eigenvalue weighted by Crippen LogP contribution is -2.55. The van der Waals surface area contributed by atoms with E-state index in [1.807, 2.05) is 0 Å². The average Bonchev–Trinajstić information content (AvgIpc) is 3.36. The quantitative estimate of drug-likeness (QED) is 0.617. The summed E-state index contributed by atoms with van der Waals surface area (Å²) in [5.41, 5.74) is 0.817. The molecule has 2 heterocycles. The maximum absolute atomic E-state index is 12.2. The van der Waals surface area contributed by atoms with E-state index in [4.69, 9.17) is 9.63 Å². The Hall–Kier alpha value is -2.81. The number of carboxylic acids is 1. The van der Waals surface area contributed by atoms with E-state index in [1.54, 1.807) is 24.5 Å². The van der Waals surface area contributed by atoms with Crippen molar-refractivity contribution in [2.75, 3.05) is 13.1 Å². The number of hydrogen-bond donors (Lipinski definition) is 2. The van der Waals surface area contributed by atoms with Gasteiger partial charge < -0.3 is 14.9 Å². The number of carboxylic acid groups (broad SMARTS) is 1. The van der Waals surface area contributed by atoms with Gasteiger partial charge in [0.05, 0.1) is 6.54 Å². The van der Waals surface area contributed by atoms with E-state index < -0.39 is 5.97 Å². The van der Waals surface area contributed by atoms with E-state index >= 15 is 0 Å². The minimum absolute atomic E-state index is 0.0518. The molecule has 2 N–H and O–H groups in total. The predicted octanol–water partition coefficient (Wildman–Crippen LogP) is 1.51. The molecule has 4 rings (SSSR count).